The van der Waals surface area contributed by atoms with Gasteiger partial charge in [0, 0.05) is 57.0 Å². The normalized spacial score (nSPS) is 14.5. The summed E-state index contributed by atoms with van der Waals surface area (Å²) in [6.07, 6.45) is 5.68. The number of rotatable bonds is 29. The van der Waals surface area contributed by atoms with Crippen LogP contribution in [0, 0.1) is 0 Å². The first-order valence-electron chi connectivity index (χ1n) is 21.5. The van der Waals surface area contributed by atoms with Crippen molar-refractivity contribution in [1.29, 1.82) is 0 Å². The summed E-state index contributed by atoms with van der Waals surface area (Å²) in [6, 6.07) is 11.2. The molecule has 330 valence electrons. The van der Waals surface area contributed by atoms with Crippen LogP contribution in [0.3, 0.4) is 0 Å². The highest BCUT2D eigenvalue weighted by Crippen LogP contribution is 2.22. The van der Waals surface area contributed by atoms with Crippen LogP contribution in [-0.4, -0.2) is 108 Å². The number of likely N-dealkylation sites (N-methyl/N-ethyl adjacent to an activating group) is 1. The highest BCUT2D eigenvalue weighted by molar-refractivity contribution is 7.99. The standard InChI is InChI=1S/C44H66N8O7S/c1-6-40(55)44(4,20-10-11-21-45)52-43(58)38(26-32-27-48-36-15-8-7-13-34(32)36)51-41(56)37(25-31-16-18-33(19-17-31)59-23-22-46)50-42(57)39(47-5)28-60-24-12-9-14-35(29(2)53)49-30(3)54/h7-8,13,15-19,27,35,37-39,47-48H,6,9-12,14,20-26,28,45-46H2,1-5H3,(H,49,54)(H,50,57)(H,51,56)(H,52,58)/t35-,37-,38-,39-,44-/m0/s1/i2T. The van der Waals surface area contributed by atoms with Gasteiger partial charge >= 0.3 is 0 Å². The number of ketones is 2. The number of aromatic nitrogens is 1. The molecule has 0 spiro atoms. The molecule has 0 fully saturated rings. The van der Waals surface area contributed by atoms with E-state index in [-0.39, 0.29) is 36.7 Å². The van der Waals surface area contributed by atoms with Crippen molar-refractivity contribution >= 4 is 57.9 Å². The molecule has 0 saturated carbocycles. The van der Waals surface area contributed by atoms with Crippen molar-refractivity contribution in [3.63, 3.8) is 0 Å². The van der Waals surface area contributed by atoms with Gasteiger partial charge < -0.3 is 47.8 Å². The third-order valence-electron chi connectivity index (χ3n) is 10.3. The Morgan fingerprint density at radius 2 is 1.55 bits per heavy atom. The quantitative estimate of drug-likeness (QED) is 0.0473. The molecule has 0 aliphatic carbocycles. The number of unbranched alkanes of at least 4 members (excludes halogenated alkanes) is 2. The second-order valence-corrected chi connectivity index (χ2v) is 16.3. The number of fused-ring (bicyclic) bond motifs is 1. The van der Waals surface area contributed by atoms with Crippen molar-refractivity contribution in [2.75, 3.05) is 38.2 Å². The lowest BCUT2D eigenvalue weighted by atomic mass is 9.88. The number of hydrogen-bond acceptors (Lipinski definition) is 11. The lowest BCUT2D eigenvalue weighted by Gasteiger charge is -2.32. The number of Topliss-reactive ketones (excluding diaryl/α,β-unsaturated/α-hetero) is 2. The Kier molecular flexibility index (Phi) is 20.6. The van der Waals surface area contributed by atoms with Crippen LogP contribution in [0.1, 0.15) is 85.1 Å². The molecule has 16 heteroatoms. The molecule has 0 radical (unpaired) electrons. The molecule has 4 amide bonds. The van der Waals surface area contributed by atoms with Gasteiger partial charge in [0.15, 0.2) is 11.6 Å². The number of amides is 4. The SMILES string of the molecule is [3H]CC(=O)[C@H](CCCCSC[C@H](NC)C(=O)N[C@@H](Cc1ccc(OCCN)cc1)C(=O)N[C@@H](Cc1c[nH]c2ccccc12)C(=O)N[C@@](C)(CCCCN)C(=O)CC)NC(C)=O. The Morgan fingerprint density at radius 1 is 0.850 bits per heavy atom. The molecular weight excluding hydrogens is 785 g/mol. The van der Waals surface area contributed by atoms with Crippen LogP contribution in [-0.2, 0) is 41.6 Å². The predicted molar refractivity (Wildman–Crippen MR) is 238 cm³/mol. The predicted octanol–water partition coefficient (Wildman–Crippen LogP) is 2.83. The van der Waals surface area contributed by atoms with Crippen molar-refractivity contribution in [2.45, 2.75) is 115 Å². The third kappa shape index (κ3) is 16.0. The minimum atomic E-state index is -1.18. The fourth-order valence-electron chi connectivity index (χ4n) is 6.86. The van der Waals surface area contributed by atoms with Gasteiger partial charge in [-0.25, -0.2) is 0 Å². The third-order valence-corrected chi connectivity index (χ3v) is 11.5. The first kappa shape index (κ1) is 47.9. The van der Waals surface area contributed by atoms with Gasteiger partial charge in [0.25, 0.3) is 0 Å². The van der Waals surface area contributed by atoms with Crippen LogP contribution in [0.2, 0.25) is 0 Å². The first-order chi connectivity index (χ1) is 29.3. The summed E-state index contributed by atoms with van der Waals surface area (Å²) in [7, 11) is 1.66. The molecule has 2 aromatic carbocycles. The molecule has 60 heavy (non-hydrogen) atoms. The van der Waals surface area contributed by atoms with E-state index in [0.29, 0.717) is 69.1 Å². The molecule has 0 aliphatic rings. The molecule has 0 saturated heterocycles. The summed E-state index contributed by atoms with van der Waals surface area (Å²) < 4.78 is 13.0. The molecule has 0 aliphatic heterocycles. The average molecular weight is 853 g/mol. The van der Waals surface area contributed by atoms with E-state index in [1.807, 2.05) is 24.3 Å². The van der Waals surface area contributed by atoms with Gasteiger partial charge in [-0.05, 0) is 94.6 Å². The monoisotopic (exact) mass is 852 g/mol. The van der Waals surface area contributed by atoms with E-state index in [1.54, 1.807) is 51.4 Å². The van der Waals surface area contributed by atoms with Crippen molar-refractivity contribution in [3.05, 3.63) is 65.9 Å². The summed E-state index contributed by atoms with van der Waals surface area (Å²) >= 11 is 1.53. The van der Waals surface area contributed by atoms with E-state index >= 15 is 0 Å². The number of hydrogen-bond donors (Lipinski definition) is 8. The maximum Gasteiger partial charge on any atom is 0.243 e. The smallest absolute Gasteiger partial charge is 0.243 e. The lowest BCUT2D eigenvalue weighted by Crippen LogP contribution is -2.61. The second kappa shape index (κ2) is 25.8. The van der Waals surface area contributed by atoms with Crippen LogP contribution in [0.25, 0.3) is 10.9 Å². The van der Waals surface area contributed by atoms with Crippen molar-refractivity contribution in [2.24, 2.45) is 11.5 Å². The molecular formula is C44H66N8O7S. The first-order valence-corrected chi connectivity index (χ1v) is 21.9. The van der Waals surface area contributed by atoms with Gasteiger partial charge in [-0.1, -0.05) is 43.7 Å². The van der Waals surface area contributed by atoms with Crippen LogP contribution in [0.5, 0.6) is 5.75 Å². The molecule has 0 bridgehead atoms. The maximum absolute atomic E-state index is 14.5. The Balaban J connectivity index is 1.85. The van der Waals surface area contributed by atoms with E-state index < -0.39 is 54.3 Å². The van der Waals surface area contributed by atoms with Gasteiger partial charge in [-0.3, -0.25) is 28.8 Å². The highest BCUT2D eigenvalue weighted by Gasteiger charge is 2.37. The van der Waals surface area contributed by atoms with Gasteiger partial charge in [0.2, 0.25) is 23.6 Å². The fraction of sp³-hybridized carbons (Fsp3) is 0.545. The topological polar surface area (TPSA) is 240 Å². The Morgan fingerprint density at radius 3 is 2.20 bits per heavy atom. The molecule has 0 unspecified atom stereocenters. The molecule has 3 rings (SSSR count). The molecule has 3 aromatic rings. The van der Waals surface area contributed by atoms with Crippen LogP contribution < -0.4 is 42.8 Å². The summed E-state index contributed by atoms with van der Waals surface area (Å²) in [5.41, 5.74) is 12.5. The van der Waals surface area contributed by atoms with E-state index in [0.717, 1.165) is 28.5 Å². The molecule has 15 nitrogen and oxygen atoms in total. The van der Waals surface area contributed by atoms with Crippen LogP contribution >= 0.6 is 11.8 Å². The molecule has 5 atom stereocenters. The maximum atomic E-state index is 14.5. The summed E-state index contributed by atoms with van der Waals surface area (Å²) in [5, 5.41) is 15.4. The summed E-state index contributed by atoms with van der Waals surface area (Å²) in [6.45, 7) is 5.53. The van der Waals surface area contributed by atoms with Crippen molar-refractivity contribution in [1.82, 2.24) is 31.6 Å². The Hall–Kier alpha value is -4.77. The number of nitrogens with one attached hydrogen (secondary N) is 6. The Labute approximate surface area is 359 Å². The van der Waals surface area contributed by atoms with E-state index in [4.69, 9.17) is 17.6 Å². The Bertz CT molecular complexity index is 1880. The van der Waals surface area contributed by atoms with Crippen LogP contribution in [0.4, 0.5) is 0 Å². The van der Waals surface area contributed by atoms with Crippen molar-refractivity contribution in [3.8, 4) is 5.75 Å². The summed E-state index contributed by atoms with van der Waals surface area (Å²) in [5.74, 6) is -0.660. The zero-order valence-corrected chi connectivity index (χ0v) is 36.3. The molecule has 10 N–H and O–H groups in total. The van der Waals surface area contributed by atoms with E-state index in [1.165, 1.54) is 18.7 Å². The number of thioether (sulfide) groups is 1. The second-order valence-electron chi connectivity index (χ2n) is 15.1. The lowest BCUT2D eigenvalue weighted by molar-refractivity contribution is -0.135. The number of benzene rings is 2. The van der Waals surface area contributed by atoms with Gasteiger partial charge in [0.05, 0.1) is 17.6 Å². The van der Waals surface area contributed by atoms with E-state index in [2.05, 4.69) is 31.6 Å². The molecule has 1 aromatic heterocycles. The van der Waals surface area contributed by atoms with Crippen molar-refractivity contribution < 1.29 is 34.9 Å². The summed E-state index contributed by atoms with van der Waals surface area (Å²) in [4.78, 5) is 82.8. The number of H-pyrrole nitrogens is 1. The zero-order valence-electron chi connectivity index (χ0n) is 36.5. The number of aromatic amines is 1. The van der Waals surface area contributed by atoms with Gasteiger partial charge in [0.1, 0.15) is 24.4 Å². The number of ether oxygens (including phenoxy) is 1. The number of carbonyl (C=O) groups is 6. The average Bonchev–Trinajstić information content (AvgIpc) is 3.66. The minimum Gasteiger partial charge on any atom is -0.492 e. The fourth-order valence-corrected chi connectivity index (χ4v) is 7.99. The molecule has 1 heterocycles. The van der Waals surface area contributed by atoms with Crippen LogP contribution in [0.15, 0.2) is 54.7 Å². The zero-order chi connectivity index (χ0) is 44.8. The minimum absolute atomic E-state index is 0.0946. The van der Waals surface area contributed by atoms with E-state index in [9.17, 15) is 28.8 Å². The number of nitrogens with two attached hydrogens (primary N) is 2. The van der Waals surface area contributed by atoms with Gasteiger partial charge in [-0.15, -0.1) is 0 Å². The van der Waals surface area contributed by atoms with Gasteiger partial charge in [-0.2, -0.15) is 11.8 Å². The number of para-hydroxylation sites is 1. The largest absolute Gasteiger partial charge is 0.492 e. The number of carbonyl (C=O) groups excluding carboxylic acids is 6. The highest BCUT2D eigenvalue weighted by atomic mass is 32.2.